The number of benzene rings is 1. The minimum atomic E-state index is -0.137. The zero-order valence-corrected chi connectivity index (χ0v) is 13.1. The number of carbonyl (C=O) groups excluding carboxylic acids is 1. The van der Waals surface area contributed by atoms with Gasteiger partial charge < -0.3 is 10.2 Å². The average Bonchev–Trinajstić information content (AvgIpc) is 2.87. The SMILES string of the molecule is CN(C)C(CNC(=O)c1cnn(C)c1)c1ccccc1Cl. The number of carbonyl (C=O) groups is 1. The van der Waals surface area contributed by atoms with Gasteiger partial charge in [0.1, 0.15) is 0 Å². The van der Waals surface area contributed by atoms with Gasteiger partial charge in [-0.3, -0.25) is 9.48 Å². The lowest BCUT2D eigenvalue weighted by atomic mass is 10.1. The number of nitrogens with zero attached hydrogens (tertiary/aromatic N) is 3. The third-order valence-electron chi connectivity index (χ3n) is 3.31. The van der Waals surface area contributed by atoms with Crippen molar-refractivity contribution in [2.75, 3.05) is 20.6 Å². The van der Waals surface area contributed by atoms with Gasteiger partial charge in [0.25, 0.3) is 5.91 Å². The van der Waals surface area contributed by atoms with Crippen LogP contribution in [0.2, 0.25) is 5.02 Å². The molecule has 1 aromatic heterocycles. The first-order valence-electron chi connectivity index (χ1n) is 6.66. The maximum absolute atomic E-state index is 12.1. The van der Waals surface area contributed by atoms with E-state index in [-0.39, 0.29) is 11.9 Å². The number of hydrogen-bond acceptors (Lipinski definition) is 3. The van der Waals surface area contributed by atoms with E-state index in [2.05, 4.69) is 10.4 Å². The highest BCUT2D eigenvalue weighted by Crippen LogP contribution is 2.25. The number of hydrogen-bond donors (Lipinski definition) is 1. The molecule has 112 valence electrons. The van der Waals surface area contributed by atoms with E-state index in [0.29, 0.717) is 17.1 Å². The molecule has 1 N–H and O–H groups in total. The third kappa shape index (κ3) is 3.83. The average molecular weight is 307 g/mol. The quantitative estimate of drug-likeness (QED) is 0.920. The Balaban J connectivity index is 2.08. The lowest BCUT2D eigenvalue weighted by Gasteiger charge is -2.25. The normalized spacial score (nSPS) is 12.4. The number of likely N-dealkylation sites (N-methyl/N-ethyl adjacent to an activating group) is 1. The fraction of sp³-hybridized carbons (Fsp3) is 0.333. The smallest absolute Gasteiger partial charge is 0.254 e. The lowest BCUT2D eigenvalue weighted by Crippen LogP contribution is -2.34. The maximum Gasteiger partial charge on any atom is 0.254 e. The predicted molar refractivity (Wildman–Crippen MR) is 83.4 cm³/mol. The van der Waals surface area contributed by atoms with Crippen LogP contribution >= 0.6 is 11.6 Å². The summed E-state index contributed by atoms with van der Waals surface area (Å²) >= 11 is 6.25. The summed E-state index contributed by atoms with van der Waals surface area (Å²) in [5.74, 6) is -0.137. The first-order chi connectivity index (χ1) is 9.99. The highest BCUT2D eigenvalue weighted by Gasteiger charge is 2.18. The van der Waals surface area contributed by atoms with E-state index in [9.17, 15) is 4.79 Å². The Morgan fingerprint density at radius 3 is 2.71 bits per heavy atom. The van der Waals surface area contributed by atoms with E-state index >= 15 is 0 Å². The first kappa shape index (κ1) is 15.5. The summed E-state index contributed by atoms with van der Waals surface area (Å²) in [6.07, 6.45) is 3.24. The Morgan fingerprint density at radius 1 is 1.43 bits per heavy atom. The zero-order chi connectivity index (χ0) is 15.4. The van der Waals surface area contributed by atoms with Gasteiger partial charge in [-0.15, -0.1) is 0 Å². The lowest BCUT2D eigenvalue weighted by molar-refractivity contribution is 0.0942. The molecular formula is C15H19ClN4O. The molecule has 2 aromatic rings. The number of aryl methyl sites for hydroxylation is 1. The van der Waals surface area contributed by atoms with Crippen LogP contribution in [0.5, 0.6) is 0 Å². The fourth-order valence-electron chi connectivity index (χ4n) is 2.15. The molecule has 2 rings (SSSR count). The van der Waals surface area contributed by atoms with Crippen molar-refractivity contribution in [3.8, 4) is 0 Å². The van der Waals surface area contributed by atoms with Crippen LogP contribution < -0.4 is 5.32 Å². The minimum absolute atomic E-state index is 0.0133. The molecular weight excluding hydrogens is 288 g/mol. The predicted octanol–water partition coefficient (Wildman–Crippen LogP) is 2.11. The maximum atomic E-state index is 12.1. The van der Waals surface area contributed by atoms with Crippen molar-refractivity contribution >= 4 is 17.5 Å². The van der Waals surface area contributed by atoms with Gasteiger partial charge in [0.2, 0.25) is 0 Å². The summed E-state index contributed by atoms with van der Waals surface area (Å²) in [6.45, 7) is 0.477. The summed E-state index contributed by atoms with van der Waals surface area (Å²) < 4.78 is 1.60. The molecule has 0 bridgehead atoms. The van der Waals surface area contributed by atoms with Crippen LogP contribution in [0.25, 0.3) is 0 Å². The third-order valence-corrected chi connectivity index (χ3v) is 3.65. The molecule has 1 unspecified atom stereocenters. The first-order valence-corrected chi connectivity index (χ1v) is 7.04. The van der Waals surface area contributed by atoms with Gasteiger partial charge in [-0.25, -0.2) is 0 Å². The van der Waals surface area contributed by atoms with Gasteiger partial charge in [0.05, 0.1) is 17.8 Å². The molecule has 5 nitrogen and oxygen atoms in total. The van der Waals surface area contributed by atoms with Crippen LogP contribution in [0.4, 0.5) is 0 Å². The second-order valence-corrected chi connectivity index (χ2v) is 5.52. The molecule has 0 saturated carbocycles. The molecule has 6 heteroatoms. The van der Waals surface area contributed by atoms with Gasteiger partial charge >= 0.3 is 0 Å². The zero-order valence-electron chi connectivity index (χ0n) is 12.4. The molecule has 1 heterocycles. The second kappa shape index (κ2) is 6.74. The van der Waals surface area contributed by atoms with Crippen LogP contribution in [0.1, 0.15) is 22.0 Å². The highest BCUT2D eigenvalue weighted by molar-refractivity contribution is 6.31. The number of nitrogens with one attached hydrogen (secondary N) is 1. The van der Waals surface area contributed by atoms with Crippen molar-refractivity contribution in [2.24, 2.45) is 7.05 Å². The van der Waals surface area contributed by atoms with Crippen LogP contribution in [-0.4, -0.2) is 41.2 Å². The van der Waals surface area contributed by atoms with Crippen molar-refractivity contribution in [3.05, 3.63) is 52.8 Å². The number of amides is 1. The van der Waals surface area contributed by atoms with Crippen molar-refractivity contribution < 1.29 is 4.79 Å². The molecule has 1 amide bonds. The van der Waals surface area contributed by atoms with E-state index in [1.165, 1.54) is 0 Å². The van der Waals surface area contributed by atoms with Gasteiger partial charge in [-0.05, 0) is 25.7 Å². The summed E-state index contributed by atoms with van der Waals surface area (Å²) in [7, 11) is 5.71. The van der Waals surface area contributed by atoms with Gasteiger partial charge in [0, 0.05) is 24.8 Å². The highest BCUT2D eigenvalue weighted by atomic mass is 35.5. The Morgan fingerprint density at radius 2 is 2.14 bits per heavy atom. The summed E-state index contributed by atoms with van der Waals surface area (Å²) in [5.41, 5.74) is 1.55. The molecule has 0 aliphatic rings. The van der Waals surface area contributed by atoms with Gasteiger partial charge in [0.15, 0.2) is 0 Å². The van der Waals surface area contributed by atoms with Crippen molar-refractivity contribution in [1.82, 2.24) is 20.0 Å². The van der Waals surface area contributed by atoms with Crippen molar-refractivity contribution in [2.45, 2.75) is 6.04 Å². The number of aromatic nitrogens is 2. The Labute approximate surface area is 129 Å². The molecule has 21 heavy (non-hydrogen) atoms. The molecule has 0 aliphatic heterocycles. The molecule has 0 saturated heterocycles. The van der Waals surface area contributed by atoms with E-state index < -0.39 is 0 Å². The van der Waals surface area contributed by atoms with Crippen LogP contribution in [0.3, 0.4) is 0 Å². The van der Waals surface area contributed by atoms with E-state index in [4.69, 9.17) is 11.6 Å². The molecule has 1 aromatic carbocycles. The fourth-order valence-corrected chi connectivity index (χ4v) is 2.41. The standard InChI is InChI=1S/C15H19ClN4O/c1-19(2)14(12-6-4-5-7-13(12)16)9-17-15(21)11-8-18-20(3)10-11/h4-8,10,14H,9H2,1-3H3,(H,17,21). The topological polar surface area (TPSA) is 50.2 Å². The number of rotatable bonds is 5. The second-order valence-electron chi connectivity index (χ2n) is 5.11. The van der Waals surface area contributed by atoms with Crippen molar-refractivity contribution in [3.63, 3.8) is 0 Å². The number of halogens is 1. The molecule has 0 fully saturated rings. The van der Waals surface area contributed by atoms with E-state index in [1.807, 2.05) is 43.3 Å². The van der Waals surface area contributed by atoms with Crippen LogP contribution in [-0.2, 0) is 7.05 Å². The van der Waals surface area contributed by atoms with Gasteiger partial charge in [-0.1, -0.05) is 29.8 Å². The minimum Gasteiger partial charge on any atom is -0.350 e. The summed E-state index contributed by atoms with van der Waals surface area (Å²) in [4.78, 5) is 14.1. The van der Waals surface area contributed by atoms with E-state index in [1.54, 1.807) is 24.1 Å². The van der Waals surface area contributed by atoms with Gasteiger partial charge in [-0.2, -0.15) is 5.10 Å². The van der Waals surface area contributed by atoms with Crippen molar-refractivity contribution in [1.29, 1.82) is 0 Å². The summed E-state index contributed by atoms with van der Waals surface area (Å²) in [6, 6.07) is 7.69. The Bertz CT molecular complexity index is 624. The van der Waals surface area contributed by atoms with E-state index in [0.717, 1.165) is 5.56 Å². The monoisotopic (exact) mass is 306 g/mol. The molecule has 0 spiro atoms. The van der Waals surface area contributed by atoms with Crippen LogP contribution in [0.15, 0.2) is 36.7 Å². The molecule has 0 radical (unpaired) electrons. The Kier molecular flexibility index (Phi) is 4.98. The summed E-state index contributed by atoms with van der Waals surface area (Å²) in [5, 5.41) is 7.62. The Hall–Kier alpha value is -1.85. The molecule has 0 aliphatic carbocycles. The van der Waals surface area contributed by atoms with Crippen LogP contribution in [0, 0.1) is 0 Å². The molecule has 1 atom stereocenters. The largest absolute Gasteiger partial charge is 0.350 e.